The predicted molar refractivity (Wildman–Crippen MR) is 239 cm³/mol. The number of ether oxygens (including phenoxy) is 4. The number of esters is 3. The average Bonchev–Trinajstić information content (AvgIpc) is 4.02. The van der Waals surface area contributed by atoms with Gasteiger partial charge in [-0.1, -0.05) is 48.4 Å². The lowest BCUT2D eigenvalue weighted by Gasteiger charge is -2.59. The molecule has 14 heteroatoms. The molecule has 5 aliphatic heterocycles. The lowest BCUT2D eigenvalue weighted by molar-refractivity contribution is -0.212. The van der Waals surface area contributed by atoms with Crippen molar-refractivity contribution in [3.05, 3.63) is 87.5 Å². The molecule has 2 N–H and O–H groups in total. The van der Waals surface area contributed by atoms with Gasteiger partial charge in [-0.05, 0) is 86.9 Å². The van der Waals surface area contributed by atoms with Crippen molar-refractivity contribution in [3.63, 3.8) is 0 Å². The quantitative estimate of drug-likeness (QED) is 0.120. The van der Waals surface area contributed by atoms with Crippen molar-refractivity contribution in [1.29, 1.82) is 0 Å². The van der Waals surface area contributed by atoms with Crippen LogP contribution < -0.4 is 9.64 Å². The number of aromatic nitrogens is 2. The number of aliphatic hydroxyl groups is 1. The number of fused-ring (bicyclic) bond motifs is 6. The Morgan fingerprint density at radius 2 is 1.80 bits per heavy atom. The van der Waals surface area contributed by atoms with Gasteiger partial charge in [-0.2, -0.15) is 0 Å². The number of hydrogen-bond acceptors (Lipinski definition) is 13. The Kier molecular flexibility index (Phi) is 10.0. The van der Waals surface area contributed by atoms with Gasteiger partial charge in [0.15, 0.2) is 6.10 Å². The average molecular weight is 874 g/mol. The molecule has 0 radical (unpaired) electrons. The first-order chi connectivity index (χ1) is 30.7. The first kappa shape index (κ1) is 42.5. The molecule has 1 saturated carbocycles. The predicted octanol–water partition coefficient (Wildman–Crippen LogP) is 6.03. The minimum absolute atomic E-state index is 0.0164. The third-order valence-electron chi connectivity index (χ3n) is 16.0. The molecule has 338 valence electrons. The van der Waals surface area contributed by atoms with Crippen LogP contribution in [0.1, 0.15) is 80.3 Å². The van der Waals surface area contributed by atoms with E-state index < -0.39 is 52.4 Å². The van der Waals surface area contributed by atoms with Crippen LogP contribution in [0.15, 0.2) is 58.2 Å². The van der Waals surface area contributed by atoms with Crippen molar-refractivity contribution >= 4 is 34.5 Å². The largest absolute Gasteiger partial charge is 0.496 e. The summed E-state index contributed by atoms with van der Waals surface area (Å²) in [6.45, 7) is 12.9. The van der Waals surface area contributed by atoms with Crippen molar-refractivity contribution in [3.8, 4) is 16.9 Å². The third kappa shape index (κ3) is 5.60. The van der Waals surface area contributed by atoms with Gasteiger partial charge in [0.25, 0.3) is 0 Å². The number of benzene rings is 2. The summed E-state index contributed by atoms with van der Waals surface area (Å²) in [7, 11) is 6.22. The van der Waals surface area contributed by atoms with E-state index >= 15 is 4.79 Å². The summed E-state index contributed by atoms with van der Waals surface area (Å²) >= 11 is 0. The number of nitrogens with zero attached hydrogens (tertiary/aromatic N) is 4. The Morgan fingerprint density at radius 1 is 1.02 bits per heavy atom. The normalized spacial score (nSPS) is 31.4. The molecule has 10 rings (SSSR count). The second kappa shape index (κ2) is 15.1. The maximum absolute atomic E-state index is 15.5. The molecule has 2 aromatic heterocycles. The van der Waals surface area contributed by atoms with Crippen molar-refractivity contribution in [2.24, 2.45) is 11.8 Å². The minimum Gasteiger partial charge on any atom is -0.496 e. The third-order valence-corrected chi connectivity index (χ3v) is 16.0. The van der Waals surface area contributed by atoms with Gasteiger partial charge in [-0.15, -0.1) is 0 Å². The van der Waals surface area contributed by atoms with Gasteiger partial charge in [0.1, 0.15) is 16.9 Å². The van der Waals surface area contributed by atoms with Gasteiger partial charge in [-0.25, -0.2) is 4.79 Å². The van der Waals surface area contributed by atoms with Crippen LogP contribution in [0.25, 0.3) is 22.0 Å². The fourth-order valence-corrected chi connectivity index (χ4v) is 13.7. The van der Waals surface area contributed by atoms with Crippen molar-refractivity contribution in [2.75, 3.05) is 59.5 Å². The van der Waals surface area contributed by atoms with E-state index in [0.29, 0.717) is 50.2 Å². The van der Waals surface area contributed by atoms with Gasteiger partial charge < -0.3 is 38.5 Å². The van der Waals surface area contributed by atoms with Crippen molar-refractivity contribution in [2.45, 2.75) is 101 Å². The Hall–Kier alpha value is -5.44. The van der Waals surface area contributed by atoms with Crippen LogP contribution in [0.3, 0.4) is 0 Å². The number of carbonyl (C=O) groups is 3. The van der Waals surface area contributed by atoms with E-state index in [4.69, 9.17) is 23.5 Å². The molecular weight excluding hydrogens is 815 g/mol. The highest BCUT2D eigenvalue weighted by atomic mass is 16.6. The molecule has 1 saturated heterocycles. The Bertz CT molecular complexity index is 2660. The van der Waals surface area contributed by atoms with E-state index in [9.17, 15) is 14.7 Å². The van der Waals surface area contributed by atoms with Crippen LogP contribution >= 0.6 is 0 Å². The van der Waals surface area contributed by atoms with E-state index in [1.165, 1.54) is 26.7 Å². The van der Waals surface area contributed by atoms with Gasteiger partial charge in [0.2, 0.25) is 5.60 Å². The second-order valence-electron chi connectivity index (χ2n) is 19.0. The highest BCUT2D eigenvalue weighted by Crippen LogP contribution is 2.65. The molecule has 6 aliphatic rings. The first-order valence-electron chi connectivity index (χ1n) is 22.7. The van der Waals surface area contributed by atoms with E-state index in [1.54, 1.807) is 7.11 Å². The van der Waals surface area contributed by atoms with E-state index in [0.717, 1.165) is 81.1 Å². The summed E-state index contributed by atoms with van der Waals surface area (Å²) in [5, 5.41) is 18.6. The summed E-state index contributed by atoms with van der Waals surface area (Å²) in [5.41, 5.74) is 5.42. The number of carbonyl (C=O) groups excluding carboxylic acids is 3. The summed E-state index contributed by atoms with van der Waals surface area (Å²) in [4.78, 5) is 53.6. The minimum atomic E-state index is -2.28. The number of likely N-dealkylation sites (N-methyl/N-ethyl adjacent to an activating group) is 1. The summed E-state index contributed by atoms with van der Waals surface area (Å²) in [6, 6.07) is 9.25. The molecular formula is C50H59N5O9. The molecule has 0 amide bonds. The number of aromatic amines is 1. The second-order valence-corrected chi connectivity index (χ2v) is 19.0. The van der Waals surface area contributed by atoms with Crippen LogP contribution in [0.5, 0.6) is 5.75 Å². The maximum atomic E-state index is 15.5. The Balaban J connectivity index is 1.27. The number of methoxy groups -OCH3 is 3. The van der Waals surface area contributed by atoms with Gasteiger partial charge in [0, 0.05) is 97.0 Å². The summed E-state index contributed by atoms with van der Waals surface area (Å²) in [5.74, 6) is -1.21. The Labute approximate surface area is 373 Å². The molecule has 2 fully saturated rings. The molecule has 4 aromatic rings. The van der Waals surface area contributed by atoms with Crippen LogP contribution in [0, 0.1) is 25.7 Å². The van der Waals surface area contributed by atoms with Gasteiger partial charge in [0.05, 0.1) is 33.1 Å². The zero-order valence-electron chi connectivity index (χ0n) is 38.3. The van der Waals surface area contributed by atoms with E-state index in [-0.39, 0.29) is 12.0 Å². The molecule has 64 heavy (non-hydrogen) atoms. The first-order valence-corrected chi connectivity index (χ1v) is 22.7. The van der Waals surface area contributed by atoms with Crippen LogP contribution in [0.4, 0.5) is 5.69 Å². The zero-order chi connectivity index (χ0) is 45.2. The van der Waals surface area contributed by atoms with Crippen LogP contribution in [0.2, 0.25) is 0 Å². The fraction of sp³-hybridized carbons (Fsp3) is 0.520. The topological polar surface area (TPSA) is 160 Å². The lowest BCUT2D eigenvalue weighted by Crippen LogP contribution is -2.78. The lowest BCUT2D eigenvalue weighted by atomic mass is 9.52. The summed E-state index contributed by atoms with van der Waals surface area (Å²) in [6.07, 6.45) is 5.79. The number of H-pyrrole nitrogens is 1. The molecule has 2 bridgehead atoms. The highest BCUT2D eigenvalue weighted by Gasteiger charge is 2.77. The molecule has 1 aliphatic carbocycles. The van der Waals surface area contributed by atoms with Gasteiger partial charge >= 0.3 is 17.9 Å². The SMILES string of the molecule is CCC1=C[C@H]2CN(C1)Cc1c([nH]c3ccc(-c4c(C)noc4C)cc13)[C@@](C(=O)OC)(c1cc3c(cc1OC)N(C)[C@H]1[C@@](O)(C(=O)OC)[C@H](OC(C)=O)C4C(CC)=CCN5CC[C@]31[C@H]45)C2. The van der Waals surface area contributed by atoms with Crippen LogP contribution in [-0.4, -0.2) is 121 Å². The molecule has 1 spiro atoms. The number of rotatable bonds is 8. The van der Waals surface area contributed by atoms with Gasteiger partial charge in [-0.3, -0.25) is 19.4 Å². The highest BCUT2D eigenvalue weighted by molar-refractivity contribution is 5.96. The fourth-order valence-electron chi connectivity index (χ4n) is 13.7. The molecule has 2 unspecified atom stereocenters. The zero-order valence-corrected chi connectivity index (χ0v) is 38.3. The Morgan fingerprint density at radius 3 is 2.47 bits per heavy atom. The molecule has 14 nitrogen and oxygen atoms in total. The van der Waals surface area contributed by atoms with E-state index in [1.807, 2.05) is 31.9 Å². The number of anilines is 1. The van der Waals surface area contributed by atoms with Crippen molar-refractivity contribution in [1.82, 2.24) is 19.9 Å². The van der Waals surface area contributed by atoms with Crippen LogP contribution in [-0.2, 0) is 46.0 Å². The monoisotopic (exact) mass is 873 g/mol. The number of nitrogens with one attached hydrogen (secondary N) is 1. The summed E-state index contributed by atoms with van der Waals surface area (Å²) < 4.78 is 29.7. The standard InChI is InChI=1S/C50H59N5O9/c1-10-29-18-30-22-49(46(57)61-8,42-34(25-54(23-29)24-30)33-19-32(12-13-37(33)51-42)40-26(3)52-64-27(40)4)36-20-35-38(21-39(36)60-7)53(6)45-48(35)15-17-55-16-14-31(11-2)41(43(48)55)44(63-28(5)56)50(45,59)47(58)62-9/h12-14,18-21,30,41,43-45,51,59H,10-11,15-17,22-25H2,1-9H3/t30-,41?,43+,44-,45-,48-,49+,50-/m1/s1. The van der Waals surface area contributed by atoms with Crippen molar-refractivity contribution < 1.29 is 43.0 Å². The smallest absolute Gasteiger partial charge is 0.344 e. The number of hydrogen-bond donors (Lipinski definition) is 2. The maximum Gasteiger partial charge on any atom is 0.344 e. The molecule has 7 heterocycles. The van der Waals surface area contributed by atoms with E-state index in [2.05, 4.69) is 70.2 Å². The number of aryl methyl sites for hydroxylation is 2. The molecule has 9 atom stereocenters. The molecule has 2 aromatic carbocycles.